The number of carbonyl (C=O) groups is 1. The second kappa shape index (κ2) is 7.16. The molecule has 1 atom stereocenters. The molecule has 4 heteroatoms. The average molecular weight is 333 g/mol. The summed E-state index contributed by atoms with van der Waals surface area (Å²) < 4.78 is 6.42. The monoisotopic (exact) mass is 333 g/mol. The third-order valence-electron chi connectivity index (χ3n) is 4.90. The van der Waals surface area contributed by atoms with Crippen molar-refractivity contribution in [2.75, 3.05) is 12.3 Å². The van der Waals surface area contributed by atoms with Crippen molar-refractivity contribution < 1.29 is 9.53 Å². The van der Waals surface area contributed by atoms with E-state index in [-0.39, 0.29) is 11.5 Å². The van der Waals surface area contributed by atoms with Crippen molar-refractivity contribution in [3.05, 3.63) is 29.3 Å². The minimum absolute atomic E-state index is 0.0137. The van der Waals surface area contributed by atoms with Crippen LogP contribution in [0.2, 0.25) is 0 Å². The average Bonchev–Trinajstić information content (AvgIpc) is 2.99. The van der Waals surface area contributed by atoms with Crippen LogP contribution in [0.4, 0.5) is 0 Å². The molecule has 1 aliphatic carbocycles. The number of fused-ring (bicyclic) bond motifs is 1. The fraction of sp³-hybridized carbons (Fsp3) is 0.632. The number of carbonyl (C=O) groups excluding carboxylic acids is 1. The number of aryl methyl sites for hydroxylation is 1. The first-order valence-electron chi connectivity index (χ1n) is 8.80. The third-order valence-corrected chi connectivity index (χ3v) is 6.15. The van der Waals surface area contributed by atoms with E-state index in [0.29, 0.717) is 11.0 Å². The minimum Gasteiger partial charge on any atom is -0.487 e. The molecule has 1 spiro atoms. The van der Waals surface area contributed by atoms with Crippen molar-refractivity contribution in [3.63, 3.8) is 0 Å². The first-order valence-corrected chi connectivity index (χ1v) is 9.85. The number of hydrogen-bond acceptors (Lipinski definition) is 3. The normalized spacial score (nSPS) is 21.7. The van der Waals surface area contributed by atoms with Crippen molar-refractivity contribution in [1.82, 2.24) is 5.32 Å². The maximum absolute atomic E-state index is 12.0. The number of rotatable bonds is 5. The highest BCUT2D eigenvalue weighted by atomic mass is 32.2. The van der Waals surface area contributed by atoms with Gasteiger partial charge in [-0.25, -0.2) is 0 Å². The Kier molecular flexibility index (Phi) is 5.20. The number of ether oxygens (including phenoxy) is 1. The lowest BCUT2D eigenvalue weighted by molar-refractivity contribution is -0.118. The molecule has 1 amide bonds. The van der Waals surface area contributed by atoms with Gasteiger partial charge in [-0.2, -0.15) is 0 Å². The predicted molar refractivity (Wildman–Crippen MR) is 96.1 cm³/mol. The van der Waals surface area contributed by atoms with Crippen LogP contribution >= 0.6 is 11.8 Å². The van der Waals surface area contributed by atoms with E-state index in [1.54, 1.807) is 11.8 Å². The fourth-order valence-corrected chi connectivity index (χ4v) is 4.94. The lowest BCUT2D eigenvalue weighted by Crippen LogP contribution is -2.38. The van der Waals surface area contributed by atoms with Gasteiger partial charge in [0.2, 0.25) is 5.91 Å². The molecule has 1 fully saturated rings. The molecule has 23 heavy (non-hydrogen) atoms. The highest BCUT2D eigenvalue weighted by molar-refractivity contribution is 8.00. The smallest absolute Gasteiger partial charge is 0.230 e. The number of nitrogens with one attached hydrogen (secondary N) is 1. The second-order valence-electron chi connectivity index (χ2n) is 6.89. The zero-order valence-electron chi connectivity index (χ0n) is 14.2. The Bertz CT molecular complexity index is 566. The van der Waals surface area contributed by atoms with Crippen LogP contribution in [-0.2, 0) is 4.79 Å². The molecule has 1 unspecified atom stereocenters. The summed E-state index contributed by atoms with van der Waals surface area (Å²) in [5.41, 5.74) is 2.55. The predicted octanol–water partition coefficient (Wildman–Crippen LogP) is 4.39. The Labute approximate surface area is 143 Å². The van der Waals surface area contributed by atoms with Crippen LogP contribution in [0.25, 0.3) is 0 Å². The summed E-state index contributed by atoms with van der Waals surface area (Å²) in [6.45, 7) is 4.97. The van der Waals surface area contributed by atoms with E-state index in [1.807, 2.05) is 0 Å². The molecular formula is C19H27NO2S. The number of thioether (sulfide) groups is 1. The topological polar surface area (TPSA) is 38.3 Å². The first-order chi connectivity index (χ1) is 11.1. The van der Waals surface area contributed by atoms with Gasteiger partial charge in [-0.3, -0.25) is 4.79 Å². The molecule has 1 aliphatic heterocycles. The van der Waals surface area contributed by atoms with E-state index < -0.39 is 0 Å². The van der Waals surface area contributed by atoms with E-state index in [9.17, 15) is 4.79 Å². The SMILES string of the molecule is CCCNC(=O)CSC1CC2(CCCC2)Oc2ccc(C)cc21. The summed E-state index contributed by atoms with van der Waals surface area (Å²) in [6, 6.07) is 6.48. The molecule has 0 aromatic heterocycles. The second-order valence-corrected chi connectivity index (χ2v) is 8.08. The van der Waals surface area contributed by atoms with Crippen molar-refractivity contribution in [3.8, 4) is 5.75 Å². The summed E-state index contributed by atoms with van der Waals surface area (Å²) in [6.07, 6.45) is 6.85. The van der Waals surface area contributed by atoms with Gasteiger partial charge in [-0.05, 0) is 45.1 Å². The summed E-state index contributed by atoms with van der Waals surface area (Å²) in [4.78, 5) is 12.0. The largest absolute Gasteiger partial charge is 0.487 e. The Balaban J connectivity index is 1.74. The summed E-state index contributed by atoms with van der Waals surface area (Å²) >= 11 is 1.78. The number of benzene rings is 1. The molecule has 1 heterocycles. The maximum Gasteiger partial charge on any atom is 0.230 e. The van der Waals surface area contributed by atoms with Gasteiger partial charge in [-0.15, -0.1) is 11.8 Å². The standard InChI is InChI=1S/C19H27NO2S/c1-3-10-20-18(21)13-23-17-12-19(8-4-5-9-19)22-16-7-6-14(2)11-15(16)17/h6-7,11,17H,3-5,8-10,12-13H2,1-2H3,(H,20,21). The number of amides is 1. The highest BCUT2D eigenvalue weighted by Gasteiger charge is 2.43. The zero-order chi connectivity index (χ0) is 16.3. The van der Waals surface area contributed by atoms with Crippen LogP contribution in [0, 0.1) is 6.92 Å². The summed E-state index contributed by atoms with van der Waals surface area (Å²) in [5, 5.41) is 3.34. The Hall–Kier alpha value is -1.16. The van der Waals surface area contributed by atoms with E-state index in [1.165, 1.54) is 24.0 Å². The van der Waals surface area contributed by atoms with Gasteiger partial charge < -0.3 is 10.1 Å². The fourth-order valence-electron chi connectivity index (χ4n) is 3.70. The molecule has 2 aliphatic rings. The van der Waals surface area contributed by atoms with E-state index in [0.717, 1.165) is 38.0 Å². The molecule has 1 aromatic rings. The Morgan fingerprint density at radius 2 is 2.17 bits per heavy atom. The molecule has 1 aromatic carbocycles. The molecule has 3 rings (SSSR count). The molecule has 0 bridgehead atoms. The van der Waals surface area contributed by atoms with E-state index in [2.05, 4.69) is 37.4 Å². The first kappa shape index (κ1) is 16.7. The van der Waals surface area contributed by atoms with Crippen LogP contribution < -0.4 is 10.1 Å². The molecule has 1 saturated carbocycles. The molecule has 1 N–H and O–H groups in total. The van der Waals surface area contributed by atoms with Gasteiger partial charge in [-0.1, -0.05) is 24.6 Å². The Morgan fingerprint density at radius 3 is 2.91 bits per heavy atom. The van der Waals surface area contributed by atoms with Crippen molar-refractivity contribution in [1.29, 1.82) is 0 Å². The van der Waals surface area contributed by atoms with Crippen LogP contribution in [0.15, 0.2) is 18.2 Å². The Morgan fingerprint density at radius 1 is 1.39 bits per heavy atom. The van der Waals surface area contributed by atoms with Crippen LogP contribution in [0.5, 0.6) is 5.75 Å². The van der Waals surface area contributed by atoms with Crippen LogP contribution in [-0.4, -0.2) is 23.8 Å². The van der Waals surface area contributed by atoms with Gasteiger partial charge in [0, 0.05) is 23.8 Å². The third kappa shape index (κ3) is 3.85. The quantitative estimate of drug-likeness (QED) is 0.868. The van der Waals surface area contributed by atoms with E-state index >= 15 is 0 Å². The van der Waals surface area contributed by atoms with Gasteiger partial charge in [0.05, 0.1) is 5.75 Å². The maximum atomic E-state index is 12.0. The van der Waals surface area contributed by atoms with Gasteiger partial charge in [0.15, 0.2) is 0 Å². The molecule has 3 nitrogen and oxygen atoms in total. The molecule has 0 radical (unpaired) electrons. The number of hydrogen-bond donors (Lipinski definition) is 1. The van der Waals surface area contributed by atoms with Gasteiger partial charge in [0.1, 0.15) is 11.4 Å². The summed E-state index contributed by atoms with van der Waals surface area (Å²) in [5.74, 6) is 1.72. The van der Waals surface area contributed by atoms with Gasteiger partial charge >= 0.3 is 0 Å². The highest BCUT2D eigenvalue weighted by Crippen LogP contribution is 2.51. The van der Waals surface area contributed by atoms with E-state index in [4.69, 9.17) is 4.74 Å². The lowest BCUT2D eigenvalue weighted by Gasteiger charge is -2.40. The molecule has 126 valence electrons. The zero-order valence-corrected chi connectivity index (χ0v) is 15.0. The van der Waals surface area contributed by atoms with Crippen LogP contribution in [0.1, 0.15) is 61.8 Å². The lowest BCUT2D eigenvalue weighted by atomic mass is 9.88. The van der Waals surface area contributed by atoms with Crippen molar-refractivity contribution in [2.45, 2.75) is 63.2 Å². The summed E-state index contributed by atoms with van der Waals surface area (Å²) in [7, 11) is 0. The van der Waals surface area contributed by atoms with Crippen molar-refractivity contribution in [2.24, 2.45) is 0 Å². The van der Waals surface area contributed by atoms with Crippen LogP contribution in [0.3, 0.4) is 0 Å². The van der Waals surface area contributed by atoms with Crippen molar-refractivity contribution >= 4 is 17.7 Å². The molecular weight excluding hydrogens is 306 g/mol. The minimum atomic E-state index is 0.0137. The van der Waals surface area contributed by atoms with Gasteiger partial charge in [0.25, 0.3) is 0 Å². The molecule has 0 saturated heterocycles.